The SMILES string of the molecule is CCC1CCCCC1n1cc(S(=O)(=O)Cl)cn1. The lowest BCUT2D eigenvalue weighted by molar-refractivity contribution is 0.217. The number of halogens is 1. The molecule has 1 saturated carbocycles. The lowest BCUT2D eigenvalue weighted by atomic mass is 9.83. The Labute approximate surface area is 106 Å². The van der Waals surface area contributed by atoms with E-state index >= 15 is 0 Å². The molecule has 0 bridgehead atoms. The van der Waals surface area contributed by atoms with Crippen molar-refractivity contribution in [1.29, 1.82) is 0 Å². The summed E-state index contributed by atoms with van der Waals surface area (Å²) in [6, 6.07) is 0.320. The van der Waals surface area contributed by atoms with E-state index in [1.54, 1.807) is 10.9 Å². The topological polar surface area (TPSA) is 52.0 Å². The molecule has 1 aromatic heterocycles. The monoisotopic (exact) mass is 276 g/mol. The second kappa shape index (κ2) is 4.98. The summed E-state index contributed by atoms with van der Waals surface area (Å²) in [6.07, 6.45) is 8.71. The number of aromatic nitrogens is 2. The Morgan fingerprint density at radius 2 is 2.18 bits per heavy atom. The number of rotatable bonds is 3. The van der Waals surface area contributed by atoms with E-state index in [0.717, 1.165) is 12.8 Å². The van der Waals surface area contributed by atoms with Gasteiger partial charge in [0.05, 0.1) is 12.2 Å². The first-order chi connectivity index (χ1) is 8.02. The summed E-state index contributed by atoms with van der Waals surface area (Å²) in [7, 11) is 1.64. The van der Waals surface area contributed by atoms with Crippen LogP contribution in [-0.4, -0.2) is 18.2 Å². The maximum Gasteiger partial charge on any atom is 0.264 e. The summed E-state index contributed by atoms with van der Waals surface area (Å²) >= 11 is 0. The van der Waals surface area contributed by atoms with Gasteiger partial charge < -0.3 is 0 Å². The van der Waals surface area contributed by atoms with E-state index in [-0.39, 0.29) is 4.90 Å². The van der Waals surface area contributed by atoms with Crippen LogP contribution in [-0.2, 0) is 9.05 Å². The van der Waals surface area contributed by atoms with Crippen molar-refractivity contribution in [2.24, 2.45) is 5.92 Å². The maximum absolute atomic E-state index is 11.2. The van der Waals surface area contributed by atoms with Crippen molar-refractivity contribution in [3.05, 3.63) is 12.4 Å². The van der Waals surface area contributed by atoms with E-state index < -0.39 is 9.05 Å². The molecule has 96 valence electrons. The van der Waals surface area contributed by atoms with Gasteiger partial charge in [0.1, 0.15) is 4.90 Å². The predicted octanol–water partition coefficient (Wildman–Crippen LogP) is 2.95. The van der Waals surface area contributed by atoms with Crippen LogP contribution in [0.25, 0.3) is 0 Å². The Balaban J connectivity index is 2.24. The summed E-state index contributed by atoms with van der Waals surface area (Å²) in [5.41, 5.74) is 0. The van der Waals surface area contributed by atoms with Crippen molar-refractivity contribution in [1.82, 2.24) is 9.78 Å². The molecule has 6 heteroatoms. The minimum Gasteiger partial charge on any atom is -0.268 e. The van der Waals surface area contributed by atoms with E-state index in [2.05, 4.69) is 12.0 Å². The fourth-order valence-electron chi connectivity index (χ4n) is 2.64. The van der Waals surface area contributed by atoms with E-state index in [1.165, 1.54) is 25.5 Å². The van der Waals surface area contributed by atoms with Crippen LogP contribution >= 0.6 is 10.7 Å². The van der Waals surface area contributed by atoms with Crippen molar-refractivity contribution in [2.75, 3.05) is 0 Å². The van der Waals surface area contributed by atoms with Crippen molar-refractivity contribution in [2.45, 2.75) is 50.0 Å². The molecule has 1 heterocycles. The normalized spacial score (nSPS) is 26.0. The average Bonchev–Trinajstić information content (AvgIpc) is 2.77. The molecule has 0 amide bonds. The molecule has 0 radical (unpaired) electrons. The summed E-state index contributed by atoms with van der Waals surface area (Å²) in [4.78, 5) is 0.0968. The van der Waals surface area contributed by atoms with Crippen LogP contribution in [0.2, 0.25) is 0 Å². The highest BCUT2D eigenvalue weighted by molar-refractivity contribution is 8.13. The zero-order valence-corrected chi connectivity index (χ0v) is 11.4. The van der Waals surface area contributed by atoms with Gasteiger partial charge in [0.25, 0.3) is 9.05 Å². The third-order valence-electron chi connectivity index (χ3n) is 3.59. The lowest BCUT2D eigenvalue weighted by Crippen LogP contribution is -2.23. The molecule has 2 unspecified atom stereocenters. The summed E-state index contributed by atoms with van der Waals surface area (Å²) < 4.78 is 24.2. The van der Waals surface area contributed by atoms with E-state index in [0.29, 0.717) is 12.0 Å². The third-order valence-corrected chi connectivity index (χ3v) is 4.90. The van der Waals surface area contributed by atoms with Gasteiger partial charge in [0.2, 0.25) is 0 Å². The van der Waals surface area contributed by atoms with Crippen LogP contribution in [0.5, 0.6) is 0 Å². The first kappa shape index (κ1) is 12.9. The van der Waals surface area contributed by atoms with Crippen molar-refractivity contribution in [3.8, 4) is 0 Å². The van der Waals surface area contributed by atoms with Gasteiger partial charge >= 0.3 is 0 Å². The van der Waals surface area contributed by atoms with Gasteiger partial charge in [-0.25, -0.2) is 8.42 Å². The van der Waals surface area contributed by atoms with Crippen LogP contribution in [0.4, 0.5) is 0 Å². The summed E-state index contributed by atoms with van der Waals surface area (Å²) in [5.74, 6) is 0.592. The molecule has 0 aliphatic heterocycles. The Morgan fingerprint density at radius 3 is 2.76 bits per heavy atom. The van der Waals surface area contributed by atoms with Gasteiger partial charge in [-0.1, -0.05) is 26.2 Å². The van der Waals surface area contributed by atoms with Gasteiger partial charge in [-0.2, -0.15) is 5.10 Å². The molecule has 1 aromatic rings. The minimum absolute atomic E-state index is 0.0968. The third kappa shape index (κ3) is 2.83. The van der Waals surface area contributed by atoms with Crippen LogP contribution in [0.1, 0.15) is 45.1 Å². The predicted molar refractivity (Wildman–Crippen MR) is 66.6 cm³/mol. The Hall–Kier alpha value is -0.550. The molecule has 1 aliphatic carbocycles. The summed E-state index contributed by atoms with van der Waals surface area (Å²) in [6.45, 7) is 2.17. The lowest BCUT2D eigenvalue weighted by Gasteiger charge is -2.30. The van der Waals surface area contributed by atoms with Crippen molar-refractivity contribution in [3.63, 3.8) is 0 Å². The smallest absolute Gasteiger partial charge is 0.264 e. The highest BCUT2D eigenvalue weighted by Crippen LogP contribution is 2.35. The van der Waals surface area contributed by atoms with Crippen molar-refractivity contribution < 1.29 is 8.42 Å². The molecule has 2 rings (SSSR count). The highest BCUT2D eigenvalue weighted by Gasteiger charge is 2.26. The number of nitrogens with zero attached hydrogens (tertiary/aromatic N) is 2. The maximum atomic E-state index is 11.2. The molecule has 17 heavy (non-hydrogen) atoms. The molecule has 4 nitrogen and oxygen atoms in total. The molecule has 1 fully saturated rings. The average molecular weight is 277 g/mol. The van der Waals surface area contributed by atoms with Gasteiger partial charge in [-0.05, 0) is 18.8 Å². The minimum atomic E-state index is -3.66. The number of hydrogen-bond donors (Lipinski definition) is 0. The second-order valence-electron chi connectivity index (χ2n) is 4.61. The van der Waals surface area contributed by atoms with Crippen LogP contribution < -0.4 is 0 Å². The molecule has 1 aliphatic rings. The number of hydrogen-bond acceptors (Lipinski definition) is 3. The van der Waals surface area contributed by atoms with Crippen LogP contribution in [0, 0.1) is 5.92 Å². The fourth-order valence-corrected chi connectivity index (χ4v) is 3.29. The van der Waals surface area contributed by atoms with E-state index in [9.17, 15) is 8.42 Å². The largest absolute Gasteiger partial charge is 0.268 e. The standard InChI is InChI=1S/C11H17ClN2O2S/c1-2-9-5-3-4-6-11(9)14-8-10(7-13-14)17(12,15)16/h7-9,11H,2-6H2,1H3. The molecule has 0 aromatic carbocycles. The molecule has 0 N–H and O–H groups in total. The van der Waals surface area contributed by atoms with Gasteiger partial charge in [-0.3, -0.25) is 4.68 Å². The van der Waals surface area contributed by atoms with Crippen LogP contribution in [0.3, 0.4) is 0 Å². The van der Waals surface area contributed by atoms with Crippen molar-refractivity contribution >= 4 is 19.7 Å². The molecular weight excluding hydrogens is 260 g/mol. The first-order valence-electron chi connectivity index (χ1n) is 6.01. The van der Waals surface area contributed by atoms with E-state index in [1.807, 2.05) is 0 Å². The molecule has 0 saturated heterocycles. The zero-order valence-electron chi connectivity index (χ0n) is 9.84. The fraction of sp³-hybridized carbons (Fsp3) is 0.727. The Kier molecular flexibility index (Phi) is 3.78. The Bertz CT molecular complexity index is 483. The second-order valence-corrected chi connectivity index (χ2v) is 7.18. The highest BCUT2D eigenvalue weighted by atomic mass is 35.7. The first-order valence-corrected chi connectivity index (χ1v) is 8.32. The molecular formula is C11H17ClN2O2S. The van der Waals surface area contributed by atoms with Gasteiger partial charge in [0, 0.05) is 16.9 Å². The molecule has 0 spiro atoms. The van der Waals surface area contributed by atoms with Gasteiger partial charge in [0.15, 0.2) is 0 Å². The van der Waals surface area contributed by atoms with Crippen LogP contribution in [0.15, 0.2) is 17.3 Å². The van der Waals surface area contributed by atoms with E-state index in [4.69, 9.17) is 10.7 Å². The summed E-state index contributed by atoms with van der Waals surface area (Å²) in [5, 5.41) is 4.16. The Morgan fingerprint density at radius 1 is 1.47 bits per heavy atom. The zero-order chi connectivity index (χ0) is 12.5. The van der Waals surface area contributed by atoms with Gasteiger partial charge in [-0.15, -0.1) is 0 Å². The molecule has 2 atom stereocenters. The quantitative estimate of drug-likeness (QED) is 0.798.